The van der Waals surface area contributed by atoms with Crippen LogP contribution in [-0.4, -0.2) is 12.6 Å². The zero-order chi connectivity index (χ0) is 33.8. The molecule has 10 rings (SSSR count). The van der Waals surface area contributed by atoms with Crippen LogP contribution in [0.5, 0.6) is 0 Å². The molecule has 0 fully saturated rings. The van der Waals surface area contributed by atoms with Gasteiger partial charge in [-0.15, -0.1) is 0 Å². The van der Waals surface area contributed by atoms with E-state index in [0.717, 1.165) is 21.9 Å². The SMILES string of the molecule is c1ccc(-n2c3ccccc3c3cc([Si](c4ccccc4)(c4ccccc4)c4ccc(-c5ccc6oc7ccccc7c6c5)cc4)ccc32)cc1. The van der Waals surface area contributed by atoms with Crippen molar-refractivity contribution in [3.63, 3.8) is 0 Å². The van der Waals surface area contributed by atoms with Crippen LogP contribution in [0.4, 0.5) is 0 Å². The highest BCUT2D eigenvalue weighted by Crippen LogP contribution is 2.34. The molecule has 10 aromatic rings. The van der Waals surface area contributed by atoms with Crippen molar-refractivity contribution in [1.82, 2.24) is 4.57 Å². The van der Waals surface area contributed by atoms with Crippen LogP contribution in [-0.2, 0) is 0 Å². The quantitative estimate of drug-likeness (QED) is 0.128. The molecule has 0 atom stereocenters. The lowest BCUT2D eigenvalue weighted by Crippen LogP contribution is -2.74. The number of benzene rings is 8. The first-order valence-electron chi connectivity index (χ1n) is 17.5. The molecule has 0 spiro atoms. The van der Waals surface area contributed by atoms with E-state index in [-0.39, 0.29) is 0 Å². The Morgan fingerprint density at radius 2 is 0.863 bits per heavy atom. The fourth-order valence-corrected chi connectivity index (χ4v) is 13.0. The zero-order valence-electron chi connectivity index (χ0n) is 27.9. The van der Waals surface area contributed by atoms with Crippen LogP contribution in [0.1, 0.15) is 0 Å². The largest absolute Gasteiger partial charge is 0.456 e. The second kappa shape index (κ2) is 11.9. The minimum atomic E-state index is -2.79. The summed E-state index contributed by atoms with van der Waals surface area (Å²) in [4.78, 5) is 0. The molecule has 0 saturated heterocycles. The number of hydrogen-bond acceptors (Lipinski definition) is 1. The summed E-state index contributed by atoms with van der Waals surface area (Å²) < 4.78 is 8.54. The van der Waals surface area contributed by atoms with Crippen molar-refractivity contribution in [3.8, 4) is 16.8 Å². The highest BCUT2D eigenvalue weighted by molar-refractivity contribution is 7.20. The number of hydrogen-bond donors (Lipinski definition) is 0. The fraction of sp³-hybridized carbons (Fsp3) is 0. The zero-order valence-corrected chi connectivity index (χ0v) is 28.9. The molecule has 0 amide bonds. The average molecular weight is 668 g/mol. The van der Waals surface area contributed by atoms with Crippen LogP contribution in [0.25, 0.3) is 60.6 Å². The minimum Gasteiger partial charge on any atom is -0.456 e. The first kappa shape index (κ1) is 29.5. The van der Waals surface area contributed by atoms with Crippen molar-refractivity contribution in [2.45, 2.75) is 0 Å². The standard InChI is InChI=1S/C48H33NOSi/c1-4-14-36(15-5-1)49-45-22-12-10-20-41(45)43-33-40(29-30-46(43)49)51(37-16-6-2-7-17-37,38-18-8-3-9-19-38)39-27-24-34(25-28-39)35-26-31-48-44(32-35)42-21-11-13-23-47(42)50-48/h1-33H. The van der Waals surface area contributed by atoms with E-state index in [9.17, 15) is 0 Å². The Morgan fingerprint density at radius 1 is 0.333 bits per heavy atom. The minimum absolute atomic E-state index is 0.917. The number of rotatable bonds is 6. The monoisotopic (exact) mass is 667 g/mol. The summed E-state index contributed by atoms with van der Waals surface area (Å²) >= 11 is 0. The van der Waals surface area contributed by atoms with Crippen molar-refractivity contribution >= 4 is 72.6 Å². The van der Waals surface area contributed by atoms with Crippen LogP contribution in [0, 0.1) is 0 Å². The maximum Gasteiger partial charge on any atom is 0.179 e. The lowest BCUT2D eigenvalue weighted by molar-refractivity contribution is 0.669. The Kier molecular flexibility index (Phi) is 6.86. The molecule has 0 aliphatic rings. The van der Waals surface area contributed by atoms with E-state index in [1.165, 1.54) is 59.4 Å². The molecular weight excluding hydrogens is 635 g/mol. The molecule has 51 heavy (non-hydrogen) atoms. The van der Waals surface area contributed by atoms with Gasteiger partial charge in [-0.25, -0.2) is 0 Å². The van der Waals surface area contributed by atoms with Crippen molar-refractivity contribution in [2.24, 2.45) is 0 Å². The predicted molar refractivity (Wildman–Crippen MR) is 217 cm³/mol. The predicted octanol–water partition coefficient (Wildman–Crippen LogP) is 9.73. The molecule has 3 heteroatoms. The summed E-state index contributed by atoms with van der Waals surface area (Å²) in [6, 6.07) is 73.4. The highest BCUT2D eigenvalue weighted by atomic mass is 28.3. The van der Waals surface area contributed by atoms with E-state index in [0.29, 0.717) is 0 Å². The Hall–Kier alpha value is -6.42. The molecule has 0 N–H and O–H groups in total. The van der Waals surface area contributed by atoms with Crippen molar-refractivity contribution in [1.29, 1.82) is 0 Å². The van der Waals surface area contributed by atoms with Gasteiger partial charge in [-0.05, 0) is 74.3 Å². The van der Waals surface area contributed by atoms with Gasteiger partial charge in [-0.1, -0.05) is 158 Å². The maximum absolute atomic E-state index is 6.14. The van der Waals surface area contributed by atoms with E-state index in [2.05, 4.69) is 193 Å². The van der Waals surface area contributed by atoms with Gasteiger partial charge in [-0.3, -0.25) is 0 Å². The maximum atomic E-state index is 6.14. The van der Waals surface area contributed by atoms with Crippen LogP contribution < -0.4 is 20.7 Å². The normalized spacial score (nSPS) is 11.9. The van der Waals surface area contributed by atoms with Gasteiger partial charge in [0.05, 0.1) is 11.0 Å². The summed E-state index contributed by atoms with van der Waals surface area (Å²) in [5, 5.41) is 10.3. The summed E-state index contributed by atoms with van der Waals surface area (Å²) in [5.74, 6) is 0. The molecule has 0 radical (unpaired) electrons. The number of fused-ring (bicyclic) bond motifs is 6. The van der Waals surface area contributed by atoms with E-state index < -0.39 is 8.07 Å². The van der Waals surface area contributed by atoms with Crippen LogP contribution in [0.3, 0.4) is 0 Å². The molecule has 2 heterocycles. The molecule has 0 saturated carbocycles. The number of nitrogens with zero attached hydrogens (tertiary/aromatic N) is 1. The van der Waals surface area contributed by atoms with Crippen LogP contribution in [0.15, 0.2) is 205 Å². The van der Waals surface area contributed by atoms with Crippen LogP contribution in [0.2, 0.25) is 0 Å². The van der Waals surface area contributed by atoms with E-state index in [1.807, 2.05) is 12.1 Å². The summed E-state index contributed by atoms with van der Waals surface area (Å²) in [7, 11) is -2.79. The van der Waals surface area contributed by atoms with Crippen LogP contribution >= 0.6 is 0 Å². The molecular formula is C48H33NOSi. The first-order valence-corrected chi connectivity index (χ1v) is 19.5. The molecule has 0 aliphatic heterocycles. The van der Waals surface area contributed by atoms with E-state index in [4.69, 9.17) is 4.42 Å². The molecule has 2 nitrogen and oxygen atoms in total. The van der Waals surface area contributed by atoms with E-state index in [1.54, 1.807) is 0 Å². The highest BCUT2D eigenvalue weighted by Gasteiger charge is 2.41. The van der Waals surface area contributed by atoms with Crippen molar-refractivity contribution in [2.75, 3.05) is 0 Å². The Labute approximate surface area is 297 Å². The Morgan fingerprint density at radius 3 is 1.59 bits per heavy atom. The lowest BCUT2D eigenvalue weighted by Gasteiger charge is -2.34. The van der Waals surface area contributed by atoms with Gasteiger partial charge in [0.2, 0.25) is 0 Å². The molecule has 2 aromatic heterocycles. The Bertz CT molecular complexity index is 2800. The van der Waals surface area contributed by atoms with E-state index >= 15 is 0 Å². The number of aromatic nitrogens is 1. The lowest BCUT2D eigenvalue weighted by atomic mass is 10.0. The summed E-state index contributed by atoms with van der Waals surface area (Å²) in [6.45, 7) is 0. The Balaban J connectivity index is 1.21. The van der Waals surface area contributed by atoms with Gasteiger partial charge in [0.25, 0.3) is 0 Å². The smallest absolute Gasteiger partial charge is 0.179 e. The van der Waals surface area contributed by atoms with Gasteiger partial charge < -0.3 is 8.98 Å². The second-order valence-corrected chi connectivity index (χ2v) is 17.1. The van der Waals surface area contributed by atoms with Crippen molar-refractivity contribution < 1.29 is 4.42 Å². The summed E-state index contributed by atoms with van der Waals surface area (Å²) in [5.41, 5.74) is 7.81. The number of furan rings is 1. The molecule has 0 aliphatic carbocycles. The molecule has 8 aromatic carbocycles. The first-order chi connectivity index (χ1) is 25.3. The second-order valence-electron chi connectivity index (χ2n) is 13.3. The molecule has 0 unspecified atom stereocenters. The molecule has 240 valence electrons. The van der Waals surface area contributed by atoms with Crippen molar-refractivity contribution in [3.05, 3.63) is 200 Å². The van der Waals surface area contributed by atoms with Gasteiger partial charge in [0, 0.05) is 27.2 Å². The fourth-order valence-electron chi connectivity index (χ4n) is 8.26. The molecule has 0 bridgehead atoms. The number of para-hydroxylation sites is 3. The third-order valence-electron chi connectivity index (χ3n) is 10.6. The third-order valence-corrected chi connectivity index (χ3v) is 15.3. The topological polar surface area (TPSA) is 18.1 Å². The van der Waals surface area contributed by atoms with Gasteiger partial charge in [0.1, 0.15) is 11.2 Å². The third kappa shape index (κ3) is 4.63. The van der Waals surface area contributed by atoms with Gasteiger partial charge in [0.15, 0.2) is 8.07 Å². The van der Waals surface area contributed by atoms with Gasteiger partial charge >= 0.3 is 0 Å². The van der Waals surface area contributed by atoms with Gasteiger partial charge in [-0.2, -0.15) is 0 Å². The average Bonchev–Trinajstić information content (AvgIpc) is 3.75. The summed E-state index contributed by atoms with van der Waals surface area (Å²) in [6.07, 6.45) is 0.